The van der Waals surface area contributed by atoms with E-state index < -0.39 is 36.0 Å². The molecule has 1 aliphatic carbocycles. The summed E-state index contributed by atoms with van der Waals surface area (Å²) in [6, 6.07) is 0. The average Bonchev–Trinajstić information content (AvgIpc) is 2.98. The first-order chi connectivity index (χ1) is 11.8. The number of hydrogen-bond acceptors (Lipinski definition) is 6. The molecule has 0 saturated carbocycles. The van der Waals surface area contributed by atoms with Crippen LogP contribution in [0.4, 0.5) is 0 Å². The van der Waals surface area contributed by atoms with Gasteiger partial charge in [-0.2, -0.15) is 0 Å². The molecule has 1 saturated heterocycles. The van der Waals surface area contributed by atoms with Gasteiger partial charge in [0.25, 0.3) is 0 Å². The molecule has 3 rings (SSSR count). The Morgan fingerprint density at radius 2 is 1.92 bits per heavy atom. The largest absolute Gasteiger partial charge is 0.458 e. The second kappa shape index (κ2) is 6.35. The lowest BCUT2D eigenvalue weighted by atomic mass is 9.85. The average molecular weight is 344 g/mol. The Labute approximate surface area is 145 Å². The van der Waals surface area contributed by atoms with E-state index in [4.69, 9.17) is 14.2 Å². The first-order valence-electron chi connectivity index (χ1n) is 8.11. The second-order valence-corrected chi connectivity index (χ2v) is 6.70. The van der Waals surface area contributed by atoms with E-state index >= 15 is 0 Å². The van der Waals surface area contributed by atoms with Crippen LogP contribution in [-0.2, 0) is 28.6 Å². The van der Waals surface area contributed by atoms with Gasteiger partial charge in [0.05, 0.1) is 5.92 Å². The highest BCUT2D eigenvalue weighted by Crippen LogP contribution is 2.38. The minimum Gasteiger partial charge on any atom is -0.458 e. The summed E-state index contributed by atoms with van der Waals surface area (Å²) in [6.45, 7) is 10.8. The van der Waals surface area contributed by atoms with E-state index in [0.29, 0.717) is 12.0 Å². The normalized spacial score (nSPS) is 33.4. The van der Waals surface area contributed by atoms with E-state index in [1.165, 1.54) is 6.92 Å². The molecule has 4 atom stereocenters. The fourth-order valence-corrected chi connectivity index (χ4v) is 3.33. The maximum atomic E-state index is 12.1. The standard InChI is InChI=1S/C19H20O6/c1-9(2)17(20)24-15-8-12-7-13(23-19(12)22)5-10(3)6-14-16(15)11(4)18(21)25-14/h6-7,13-16H,1,4-5,8H2,2-3H3/b10-6+/t13-,14+,15-,16-/m0/s1. The van der Waals surface area contributed by atoms with E-state index in [0.717, 1.165) is 5.57 Å². The van der Waals surface area contributed by atoms with Gasteiger partial charge in [0.2, 0.25) is 0 Å². The van der Waals surface area contributed by atoms with Crippen molar-refractivity contribution < 1.29 is 28.6 Å². The van der Waals surface area contributed by atoms with Gasteiger partial charge in [-0.15, -0.1) is 0 Å². The molecule has 3 aliphatic rings. The third-order valence-corrected chi connectivity index (χ3v) is 4.57. The predicted octanol–water partition coefficient (Wildman–Crippen LogP) is 2.16. The number of hydrogen-bond donors (Lipinski definition) is 0. The molecule has 1 fully saturated rings. The van der Waals surface area contributed by atoms with Crippen molar-refractivity contribution in [2.24, 2.45) is 5.92 Å². The zero-order chi connectivity index (χ0) is 18.3. The van der Waals surface area contributed by atoms with Crippen LogP contribution in [0.2, 0.25) is 0 Å². The molecule has 0 aromatic carbocycles. The molecule has 0 amide bonds. The molecule has 0 aromatic rings. The van der Waals surface area contributed by atoms with Crippen molar-refractivity contribution in [2.75, 3.05) is 0 Å². The lowest BCUT2D eigenvalue weighted by Crippen LogP contribution is -2.34. The molecule has 0 radical (unpaired) electrons. The van der Waals surface area contributed by atoms with Gasteiger partial charge in [-0.3, -0.25) is 0 Å². The number of rotatable bonds is 2. The SMILES string of the molecule is C=C(C)C(=O)O[C@H]1CC2=C[C@H](C/C(C)=C/[C@H]3OC(=O)C(=C)[C@H]13)OC2=O. The monoisotopic (exact) mass is 344 g/mol. The summed E-state index contributed by atoms with van der Waals surface area (Å²) in [4.78, 5) is 36.2. The van der Waals surface area contributed by atoms with Crippen molar-refractivity contribution in [1.29, 1.82) is 0 Å². The first-order valence-corrected chi connectivity index (χ1v) is 8.11. The Kier molecular flexibility index (Phi) is 4.37. The Bertz CT molecular complexity index is 741. The summed E-state index contributed by atoms with van der Waals surface area (Å²) >= 11 is 0. The number of carbonyl (C=O) groups is 3. The van der Waals surface area contributed by atoms with Crippen molar-refractivity contribution in [3.05, 3.63) is 47.6 Å². The van der Waals surface area contributed by atoms with E-state index in [-0.39, 0.29) is 23.7 Å². The van der Waals surface area contributed by atoms with Gasteiger partial charge in [-0.25, -0.2) is 14.4 Å². The van der Waals surface area contributed by atoms with Crippen molar-refractivity contribution in [2.45, 2.75) is 45.0 Å². The highest BCUT2D eigenvalue weighted by atomic mass is 16.6. The number of carbonyl (C=O) groups excluding carboxylic acids is 3. The molecule has 2 aliphatic heterocycles. The van der Waals surface area contributed by atoms with Gasteiger partial charge >= 0.3 is 17.9 Å². The van der Waals surface area contributed by atoms with Crippen LogP contribution in [0.5, 0.6) is 0 Å². The Morgan fingerprint density at radius 1 is 1.20 bits per heavy atom. The summed E-state index contributed by atoms with van der Waals surface area (Å²) in [5, 5.41) is 0. The number of ether oxygens (including phenoxy) is 3. The van der Waals surface area contributed by atoms with Gasteiger partial charge in [-0.05, 0) is 26.0 Å². The van der Waals surface area contributed by atoms with E-state index in [9.17, 15) is 14.4 Å². The second-order valence-electron chi connectivity index (χ2n) is 6.70. The molecule has 2 heterocycles. The van der Waals surface area contributed by atoms with Crippen LogP contribution in [0.3, 0.4) is 0 Å². The Hall–Kier alpha value is -2.63. The fourth-order valence-electron chi connectivity index (χ4n) is 3.33. The van der Waals surface area contributed by atoms with Crippen LogP contribution >= 0.6 is 0 Å². The molecule has 25 heavy (non-hydrogen) atoms. The fraction of sp³-hybridized carbons (Fsp3) is 0.421. The van der Waals surface area contributed by atoms with Crippen molar-refractivity contribution >= 4 is 17.9 Å². The van der Waals surface area contributed by atoms with Crippen molar-refractivity contribution in [3.8, 4) is 0 Å². The lowest BCUT2D eigenvalue weighted by molar-refractivity contribution is -0.148. The summed E-state index contributed by atoms with van der Waals surface area (Å²) < 4.78 is 16.3. The minimum absolute atomic E-state index is 0.137. The summed E-state index contributed by atoms with van der Waals surface area (Å²) in [7, 11) is 0. The van der Waals surface area contributed by atoms with Crippen LogP contribution in [0, 0.1) is 5.92 Å². The van der Waals surface area contributed by atoms with Crippen molar-refractivity contribution in [3.63, 3.8) is 0 Å². The number of fused-ring (bicyclic) bond motifs is 2. The van der Waals surface area contributed by atoms with Crippen LogP contribution in [0.1, 0.15) is 26.7 Å². The molecule has 0 spiro atoms. The van der Waals surface area contributed by atoms with Crippen LogP contribution in [0.25, 0.3) is 0 Å². The van der Waals surface area contributed by atoms with Crippen molar-refractivity contribution in [1.82, 2.24) is 0 Å². The molecule has 2 bridgehead atoms. The maximum Gasteiger partial charge on any atom is 0.334 e. The third-order valence-electron chi connectivity index (χ3n) is 4.57. The Balaban J connectivity index is 2.01. The van der Waals surface area contributed by atoms with Crippen LogP contribution < -0.4 is 0 Å². The van der Waals surface area contributed by atoms with Crippen LogP contribution in [-0.4, -0.2) is 36.2 Å². The number of esters is 3. The maximum absolute atomic E-state index is 12.1. The molecule has 0 aromatic heterocycles. The van der Waals surface area contributed by atoms with Gasteiger partial charge < -0.3 is 14.2 Å². The topological polar surface area (TPSA) is 78.9 Å². The van der Waals surface area contributed by atoms with E-state index in [1.54, 1.807) is 6.08 Å². The lowest BCUT2D eigenvalue weighted by Gasteiger charge is -2.26. The van der Waals surface area contributed by atoms with E-state index in [2.05, 4.69) is 13.2 Å². The van der Waals surface area contributed by atoms with Gasteiger partial charge in [0, 0.05) is 29.6 Å². The molecule has 0 unspecified atom stereocenters. The zero-order valence-electron chi connectivity index (χ0n) is 14.2. The highest BCUT2D eigenvalue weighted by Gasteiger charge is 2.46. The smallest absolute Gasteiger partial charge is 0.334 e. The molecule has 6 heteroatoms. The third kappa shape index (κ3) is 3.29. The zero-order valence-corrected chi connectivity index (χ0v) is 14.2. The molecular weight excluding hydrogens is 324 g/mol. The quantitative estimate of drug-likeness (QED) is 0.331. The summed E-state index contributed by atoms with van der Waals surface area (Å²) in [5.41, 5.74) is 1.82. The molecule has 0 N–H and O–H groups in total. The van der Waals surface area contributed by atoms with Gasteiger partial charge in [-0.1, -0.05) is 18.7 Å². The summed E-state index contributed by atoms with van der Waals surface area (Å²) in [6.07, 6.45) is 2.52. The predicted molar refractivity (Wildman–Crippen MR) is 88.2 cm³/mol. The molecule has 132 valence electrons. The van der Waals surface area contributed by atoms with Gasteiger partial charge in [0.15, 0.2) is 0 Å². The molecule has 6 nitrogen and oxygen atoms in total. The van der Waals surface area contributed by atoms with Gasteiger partial charge in [0.1, 0.15) is 18.3 Å². The minimum atomic E-state index is -0.771. The Morgan fingerprint density at radius 3 is 2.60 bits per heavy atom. The first kappa shape index (κ1) is 17.2. The highest BCUT2D eigenvalue weighted by molar-refractivity contribution is 5.93. The molecular formula is C19H20O6. The van der Waals surface area contributed by atoms with Crippen LogP contribution in [0.15, 0.2) is 47.6 Å². The van der Waals surface area contributed by atoms with E-state index in [1.807, 2.05) is 13.0 Å². The summed E-state index contributed by atoms with van der Waals surface area (Å²) in [5.74, 6) is -2.09.